The van der Waals surface area contributed by atoms with Gasteiger partial charge in [0.05, 0.1) is 6.61 Å². The lowest BCUT2D eigenvalue weighted by molar-refractivity contribution is -0.143. The molecule has 1 atom stereocenters. The number of carbonyl (C=O) groups excluding carboxylic acids is 1. The molecule has 2 rings (SSSR count). The van der Waals surface area contributed by atoms with Crippen molar-refractivity contribution >= 4 is 49.8 Å². The van der Waals surface area contributed by atoms with Crippen LogP contribution in [0.25, 0.3) is 0 Å². The van der Waals surface area contributed by atoms with Gasteiger partial charge < -0.3 is 10.1 Å². The monoisotopic (exact) mass is 461 g/mol. The lowest BCUT2D eigenvalue weighted by atomic mass is 10.1. The summed E-state index contributed by atoms with van der Waals surface area (Å²) in [6.45, 7) is 4.74. The van der Waals surface area contributed by atoms with Gasteiger partial charge in [-0.05, 0) is 26.0 Å². The number of nitrogens with one attached hydrogen (secondary N) is 1. The third kappa shape index (κ3) is 5.62. The molecule has 1 aliphatic rings. The number of fused-ring (bicyclic) bond motifs is 1. The van der Waals surface area contributed by atoms with Gasteiger partial charge in [0.2, 0.25) is 10.0 Å². The number of primary sulfonamides is 1. The molecular weight excluding hydrogens is 438 g/mol. The van der Waals surface area contributed by atoms with E-state index in [9.17, 15) is 21.6 Å². The molecule has 13 heteroatoms. The van der Waals surface area contributed by atoms with Crippen molar-refractivity contribution in [1.82, 2.24) is 9.62 Å². The van der Waals surface area contributed by atoms with Gasteiger partial charge in [-0.2, -0.15) is 4.31 Å². The Kier molecular flexibility index (Phi) is 8.66. The van der Waals surface area contributed by atoms with E-state index in [4.69, 9.17) is 9.88 Å². The van der Waals surface area contributed by atoms with E-state index in [1.165, 1.54) is 10.4 Å². The Balaban J connectivity index is 0.00000364. The fourth-order valence-electron chi connectivity index (χ4n) is 2.73. The molecule has 0 aromatic carbocycles. The second-order valence-corrected chi connectivity index (χ2v) is 10.7. The third-order valence-electron chi connectivity index (χ3n) is 3.86. The molecule has 0 amide bonds. The number of esters is 1. The van der Waals surface area contributed by atoms with Crippen molar-refractivity contribution in [2.45, 2.75) is 41.1 Å². The number of hydrogen-bond donors (Lipinski definition) is 2. The van der Waals surface area contributed by atoms with Crippen molar-refractivity contribution in [3.8, 4) is 0 Å². The van der Waals surface area contributed by atoms with Crippen molar-refractivity contribution in [2.75, 3.05) is 26.2 Å². The maximum absolute atomic E-state index is 12.9. The average Bonchev–Trinajstić information content (AvgIpc) is 2.99. The van der Waals surface area contributed by atoms with Crippen molar-refractivity contribution in [3.63, 3.8) is 0 Å². The van der Waals surface area contributed by atoms with E-state index in [1.54, 1.807) is 6.92 Å². The molecule has 2 heterocycles. The van der Waals surface area contributed by atoms with E-state index in [1.807, 2.05) is 6.92 Å². The van der Waals surface area contributed by atoms with E-state index in [0.29, 0.717) is 29.9 Å². The molecule has 156 valence electrons. The topological polar surface area (TPSA) is 136 Å². The first-order valence-electron chi connectivity index (χ1n) is 8.17. The number of likely N-dealkylation sites (N-methyl/N-ethyl adjacent to an activating group) is 1. The molecule has 0 spiro atoms. The van der Waals surface area contributed by atoms with Crippen molar-refractivity contribution in [2.24, 2.45) is 5.14 Å². The second kappa shape index (κ2) is 9.63. The summed E-state index contributed by atoms with van der Waals surface area (Å²) in [6, 6.07) is 0.990. The van der Waals surface area contributed by atoms with Crippen LogP contribution in [0.5, 0.6) is 0 Å². The highest BCUT2D eigenvalue weighted by Gasteiger charge is 2.39. The fraction of sp³-hybridized carbons (Fsp3) is 0.643. The molecular formula is C14H24ClN3O6S3. The average molecular weight is 462 g/mol. The maximum Gasteiger partial charge on any atom is 0.305 e. The Morgan fingerprint density at radius 1 is 1.44 bits per heavy atom. The zero-order valence-corrected chi connectivity index (χ0v) is 18.3. The lowest BCUT2D eigenvalue weighted by Gasteiger charge is -2.32. The summed E-state index contributed by atoms with van der Waals surface area (Å²) >= 11 is 0.656. The zero-order chi connectivity index (χ0) is 19.5. The number of nitrogens with zero attached hydrogens (tertiary/aromatic N) is 1. The van der Waals surface area contributed by atoms with Crippen LogP contribution in [-0.4, -0.2) is 53.4 Å². The molecule has 0 saturated carbocycles. The first kappa shape index (κ1) is 24.3. The number of ether oxygens (including phenoxy) is 1. The van der Waals surface area contributed by atoms with Gasteiger partial charge in [0, 0.05) is 31.1 Å². The standard InChI is InChI=1S/C14H23N3O6S3.ClH/c1-3-16-11-9-17(7-5-6-12(18)23-4-2)26(21,22)14-10(11)8-13(24-14)25(15,19)20;/h8,11,16H,3-7,9H2,1-2H3,(H2,15,19,20);1H/t11-;/m0./s1. The minimum absolute atomic E-state index is 0. The lowest BCUT2D eigenvalue weighted by Crippen LogP contribution is -2.43. The van der Waals surface area contributed by atoms with Crippen molar-refractivity contribution in [3.05, 3.63) is 11.6 Å². The highest BCUT2D eigenvalue weighted by Crippen LogP contribution is 2.39. The summed E-state index contributed by atoms with van der Waals surface area (Å²) in [5.41, 5.74) is 0.419. The second-order valence-electron chi connectivity index (χ2n) is 5.74. The van der Waals surface area contributed by atoms with Gasteiger partial charge in [-0.3, -0.25) is 4.79 Å². The van der Waals surface area contributed by atoms with Crippen molar-refractivity contribution < 1.29 is 26.4 Å². The Morgan fingerprint density at radius 3 is 2.67 bits per heavy atom. The number of thiophene rings is 1. The molecule has 1 aromatic rings. The number of sulfonamides is 2. The Labute approximate surface area is 169 Å². The zero-order valence-electron chi connectivity index (χ0n) is 15.0. The quantitative estimate of drug-likeness (QED) is 0.546. The van der Waals surface area contributed by atoms with Gasteiger partial charge in [0.15, 0.2) is 0 Å². The van der Waals surface area contributed by atoms with Gasteiger partial charge in [0.25, 0.3) is 10.0 Å². The Bertz CT molecular complexity index is 869. The summed E-state index contributed by atoms with van der Waals surface area (Å²) in [6.07, 6.45) is 0.436. The number of halogens is 1. The van der Waals surface area contributed by atoms with Crippen LogP contribution in [0.4, 0.5) is 0 Å². The smallest absolute Gasteiger partial charge is 0.305 e. The summed E-state index contributed by atoms with van der Waals surface area (Å²) < 4.78 is 54.9. The Hall–Kier alpha value is -0.760. The van der Waals surface area contributed by atoms with Gasteiger partial charge in [-0.1, -0.05) is 6.92 Å². The van der Waals surface area contributed by atoms with E-state index in [0.717, 1.165) is 0 Å². The molecule has 0 fully saturated rings. The molecule has 0 unspecified atom stereocenters. The van der Waals surface area contributed by atoms with E-state index < -0.39 is 20.0 Å². The van der Waals surface area contributed by atoms with Crippen LogP contribution < -0.4 is 10.5 Å². The van der Waals surface area contributed by atoms with Crippen LogP contribution in [0.15, 0.2) is 14.5 Å². The van der Waals surface area contributed by atoms with Crippen LogP contribution in [0, 0.1) is 0 Å². The summed E-state index contributed by atoms with van der Waals surface area (Å²) in [5, 5.41) is 8.32. The summed E-state index contributed by atoms with van der Waals surface area (Å²) in [7, 11) is -7.83. The predicted octanol–water partition coefficient (Wildman–Crippen LogP) is 0.815. The number of hydrogen-bond acceptors (Lipinski definition) is 8. The molecule has 0 radical (unpaired) electrons. The van der Waals surface area contributed by atoms with Crippen molar-refractivity contribution in [1.29, 1.82) is 0 Å². The van der Waals surface area contributed by atoms with Crippen LogP contribution in [0.1, 0.15) is 38.3 Å². The SMILES string of the molecule is CCN[C@H]1CN(CCCC(=O)OCC)S(=O)(=O)c2sc(S(N)(=O)=O)cc21.Cl. The van der Waals surface area contributed by atoms with Gasteiger partial charge >= 0.3 is 5.97 Å². The largest absolute Gasteiger partial charge is 0.466 e. The summed E-state index contributed by atoms with van der Waals surface area (Å²) in [4.78, 5) is 11.4. The third-order valence-corrected chi connectivity index (χ3v) is 8.83. The van der Waals surface area contributed by atoms with Crippen LogP contribution in [0.3, 0.4) is 0 Å². The van der Waals surface area contributed by atoms with E-state index >= 15 is 0 Å². The predicted molar refractivity (Wildman–Crippen MR) is 104 cm³/mol. The minimum atomic E-state index is -3.99. The normalized spacial score (nSPS) is 19.1. The van der Waals surface area contributed by atoms with Crippen LogP contribution in [-0.2, 0) is 29.6 Å². The molecule has 0 bridgehead atoms. The van der Waals surface area contributed by atoms with Gasteiger partial charge in [0.1, 0.15) is 8.42 Å². The van der Waals surface area contributed by atoms with E-state index in [2.05, 4.69) is 5.32 Å². The summed E-state index contributed by atoms with van der Waals surface area (Å²) in [5.74, 6) is -0.376. The van der Waals surface area contributed by atoms with E-state index in [-0.39, 0.29) is 59.0 Å². The highest BCUT2D eigenvalue weighted by atomic mass is 35.5. The number of nitrogens with two attached hydrogens (primary N) is 1. The molecule has 0 saturated heterocycles. The number of carbonyl (C=O) groups is 1. The highest BCUT2D eigenvalue weighted by molar-refractivity contribution is 7.94. The van der Waals surface area contributed by atoms with Gasteiger partial charge in [-0.25, -0.2) is 22.0 Å². The minimum Gasteiger partial charge on any atom is -0.466 e. The molecule has 27 heavy (non-hydrogen) atoms. The van der Waals surface area contributed by atoms with Crippen LogP contribution in [0.2, 0.25) is 0 Å². The van der Waals surface area contributed by atoms with Gasteiger partial charge in [-0.15, -0.1) is 23.7 Å². The molecule has 1 aliphatic heterocycles. The molecule has 1 aromatic heterocycles. The molecule has 9 nitrogen and oxygen atoms in total. The van der Waals surface area contributed by atoms with Crippen LogP contribution >= 0.6 is 23.7 Å². The first-order chi connectivity index (χ1) is 12.1. The Morgan fingerprint density at radius 2 is 2.11 bits per heavy atom. The molecule has 0 aliphatic carbocycles. The maximum atomic E-state index is 12.9. The molecule has 3 N–H and O–H groups in total. The first-order valence-corrected chi connectivity index (χ1v) is 12.0. The number of rotatable bonds is 8. The fourth-order valence-corrected chi connectivity index (χ4v) is 7.04.